The van der Waals surface area contributed by atoms with Crippen LogP contribution in [0.5, 0.6) is 0 Å². The van der Waals surface area contributed by atoms with E-state index in [4.69, 9.17) is 4.74 Å². The Hall–Kier alpha value is -0.520. The van der Waals surface area contributed by atoms with E-state index in [1.165, 1.54) is 6.07 Å². The molecular formula is C15H20BrF2NO. The summed E-state index contributed by atoms with van der Waals surface area (Å²) in [6.07, 6.45) is 3.04. The van der Waals surface area contributed by atoms with Gasteiger partial charge < -0.3 is 10.1 Å². The van der Waals surface area contributed by atoms with Gasteiger partial charge in [-0.05, 0) is 53.4 Å². The fraction of sp³-hybridized carbons (Fsp3) is 0.600. The van der Waals surface area contributed by atoms with Gasteiger partial charge in [0.05, 0.1) is 11.1 Å². The number of benzene rings is 1. The maximum Gasteiger partial charge on any atom is 0.173 e. The molecule has 2 atom stereocenters. The van der Waals surface area contributed by atoms with Crippen LogP contribution in [-0.2, 0) is 4.74 Å². The molecule has 0 aromatic heterocycles. The van der Waals surface area contributed by atoms with Gasteiger partial charge in [0.2, 0.25) is 0 Å². The highest BCUT2D eigenvalue weighted by atomic mass is 79.9. The van der Waals surface area contributed by atoms with E-state index in [9.17, 15) is 8.78 Å². The molecule has 1 aliphatic heterocycles. The molecule has 0 saturated carbocycles. The van der Waals surface area contributed by atoms with Crippen molar-refractivity contribution in [1.29, 1.82) is 0 Å². The SMILES string of the molecule is CCCNC(c1ccc(F)c(F)c1Br)C1CCCOC1. The monoisotopic (exact) mass is 347 g/mol. The van der Waals surface area contributed by atoms with Crippen molar-refractivity contribution < 1.29 is 13.5 Å². The van der Waals surface area contributed by atoms with Gasteiger partial charge in [0, 0.05) is 18.6 Å². The third kappa shape index (κ3) is 3.57. The quantitative estimate of drug-likeness (QED) is 0.806. The minimum atomic E-state index is -0.824. The summed E-state index contributed by atoms with van der Waals surface area (Å²) in [5.41, 5.74) is 0.771. The molecule has 5 heteroatoms. The van der Waals surface area contributed by atoms with Gasteiger partial charge in [-0.25, -0.2) is 8.78 Å². The molecule has 0 bridgehead atoms. The molecule has 0 spiro atoms. The molecule has 1 heterocycles. The Labute approximate surface area is 127 Å². The Bertz CT molecular complexity index is 450. The molecule has 20 heavy (non-hydrogen) atoms. The number of halogens is 3. The highest BCUT2D eigenvalue weighted by molar-refractivity contribution is 9.10. The molecule has 1 aromatic carbocycles. The lowest BCUT2D eigenvalue weighted by Crippen LogP contribution is -2.34. The first-order valence-corrected chi connectivity index (χ1v) is 7.89. The lowest BCUT2D eigenvalue weighted by Gasteiger charge is -2.32. The second kappa shape index (κ2) is 7.48. The standard InChI is InChI=1S/C15H20BrF2NO/c1-2-7-19-15(10-4-3-8-20-9-10)11-5-6-12(17)14(18)13(11)16/h5-6,10,15,19H,2-4,7-9H2,1H3. The van der Waals surface area contributed by atoms with Gasteiger partial charge in [0.25, 0.3) is 0 Å². The zero-order valence-electron chi connectivity index (χ0n) is 11.6. The summed E-state index contributed by atoms with van der Waals surface area (Å²) in [5, 5.41) is 3.44. The summed E-state index contributed by atoms with van der Waals surface area (Å²) in [7, 11) is 0. The number of hydrogen-bond donors (Lipinski definition) is 1. The maximum absolute atomic E-state index is 13.8. The second-order valence-corrected chi connectivity index (χ2v) is 5.97. The molecule has 1 N–H and O–H groups in total. The van der Waals surface area contributed by atoms with Crippen LogP contribution in [0.25, 0.3) is 0 Å². The zero-order chi connectivity index (χ0) is 14.5. The van der Waals surface area contributed by atoms with Crippen molar-refractivity contribution in [3.8, 4) is 0 Å². The van der Waals surface area contributed by atoms with E-state index in [1.807, 2.05) is 0 Å². The first-order valence-electron chi connectivity index (χ1n) is 7.09. The summed E-state index contributed by atoms with van der Waals surface area (Å²) in [6, 6.07) is 2.84. The fourth-order valence-corrected chi connectivity index (χ4v) is 3.21. The van der Waals surface area contributed by atoms with Crippen LogP contribution in [0.1, 0.15) is 37.8 Å². The molecule has 2 rings (SSSR count). The van der Waals surface area contributed by atoms with Gasteiger partial charge in [-0.15, -0.1) is 0 Å². The minimum absolute atomic E-state index is 0.0141. The first-order chi connectivity index (χ1) is 9.65. The first kappa shape index (κ1) is 15.9. The summed E-state index contributed by atoms with van der Waals surface area (Å²) < 4.78 is 32.8. The van der Waals surface area contributed by atoms with Crippen molar-refractivity contribution >= 4 is 15.9 Å². The molecule has 0 amide bonds. The molecule has 1 saturated heterocycles. The van der Waals surface area contributed by atoms with Crippen LogP contribution in [0.2, 0.25) is 0 Å². The molecule has 2 nitrogen and oxygen atoms in total. The molecular weight excluding hydrogens is 328 g/mol. The third-order valence-corrected chi connectivity index (χ3v) is 4.49. The summed E-state index contributed by atoms with van der Waals surface area (Å²) in [4.78, 5) is 0. The molecule has 112 valence electrons. The van der Waals surface area contributed by atoms with E-state index in [0.717, 1.165) is 38.0 Å². The predicted molar refractivity (Wildman–Crippen MR) is 78.6 cm³/mol. The Balaban J connectivity index is 2.27. The van der Waals surface area contributed by atoms with Gasteiger partial charge in [0.1, 0.15) is 0 Å². The van der Waals surface area contributed by atoms with Crippen LogP contribution in [0, 0.1) is 17.6 Å². The lowest BCUT2D eigenvalue weighted by molar-refractivity contribution is 0.0388. The third-order valence-electron chi connectivity index (χ3n) is 3.68. The van der Waals surface area contributed by atoms with E-state index in [0.29, 0.717) is 6.61 Å². The summed E-state index contributed by atoms with van der Waals surface area (Å²) >= 11 is 3.19. The Kier molecular flexibility index (Phi) is 5.93. The van der Waals surface area contributed by atoms with Crippen molar-refractivity contribution in [2.75, 3.05) is 19.8 Å². The number of rotatable bonds is 5. The van der Waals surface area contributed by atoms with Gasteiger partial charge in [-0.1, -0.05) is 13.0 Å². The average molecular weight is 348 g/mol. The van der Waals surface area contributed by atoms with Crippen molar-refractivity contribution in [3.63, 3.8) is 0 Å². The highest BCUT2D eigenvalue weighted by Crippen LogP contribution is 2.35. The largest absolute Gasteiger partial charge is 0.381 e. The van der Waals surface area contributed by atoms with E-state index < -0.39 is 11.6 Å². The maximum atomic E-state index is 13.8. The van der Waals surface area contributed by atoms with E-state index in [1.54, 1.807) is 6.07 Å². The molecule has 1 fully saturated rings. The van der Waals surface area contributed by atoms with Crippen LogP contribution in [0.4, 0.5) is 8.78 Å². The summed E-state index contributed by atoms with van der Waals surface area (Å²) in [6.45, 7) is 4.37. The van der Waals surface area contributed by atoms with E-state index in [-0.39, 0.29) is 16.4 Å². The number of hydrogen-bond acceptors (Lipinski definition) is 2. The predicted octanol–water partition coefficient (Wildman–Crippen LogP) is 4.19. The summed E-state index contributed by atoms with van der Waals surface area (Å²) in [5.74, 6) is -1.35. The van der Waals surface area contributed by atoms with Crippen LogP contribution < -0.4 is 5.32 Å². The van der Waals surface area contributed by atoms with Crippen molar-refractivity contribution in [3.05, 3.63) is 33.8 Å². The van der Waals surface area contributed by atoms with Crippen molar-refractivity contribution in [1.82, 2.24) is 5.32 Å². The van der Waals surface area contributed by atoms with Crippen LogP contribution in [-0.4, -0.2) is 19.8 Å². The molecule has 0 aliphatic carbocycles. The van der Waals surface area contributed by atoms with Gasteiger partial charge in [-0.3, -0.25) is 0 Å². The van der Waals surface area contributed by atoms with Crippen LogP contribution in [0.15, 0.2) is 16.6 Å². The smallest absolute Gasteiger partial charge is 0.173 e. The van der Waals surface area contributed by atoms with Gasteiger partial charge in [-0.2, -0.15) is 0 Å². The zero-order valence-corrected chi connectivity index (χ0v) is 13.2. The normalized spacial score (nSPS) is 20.9. The minimum Gasteiger partial charge on any atom is -0.381 e. The topological polar surface area (TPSA) is 21.3 Å². The molecule has 2 unspecified atom stereocenters. The second-order valence-electron chi connectivity index (χ2n) is 5.17. The number of nitrogens with one attached hydrogen (secondary N) is 1. The lowest BCUT2D eigenvalue weighted by atomic mass is 9.88. The Morgan fingerprint density at radius 3 is 2.90 bits per heavy atom. The van der Waals surface area contributed by atoms with E-state index in [2.05, 4.69) is 28.2 Å². The average Bonchev–Trinajstić information content (AvgIpc) is 2.48. The van der Waals surface area contributed by atoms with Gasteiger partial charge in [0.15, 0.2) is 11.6 Å². The highest BCUT2D eigenvalue weighted by Gasteiger charge is 2.28. The molecule has 1 aliphatic rings. The molecule has 1 aromatic rings. The van der Waals surface area contributed by atoms with E-state index >= 15 is 0 Å². The Morgan fingerprint density at radius 1 is 1.45 bits per heavy atom. The number of ether oxygens (including phenoxy) is 1. The van der Waals surface area contributed by atoms with Crippen LogP contribution >= 0.6 is 15.9 Å². The van der Waals surface area contributed by atoms with Gasteiger partial charge >= 0.3 is 0 Å². The van der Waals surface area contributed by atoms with Crippen molar-refractivity contribution in [2.24, 2.45) is 5.92 Å². The van der Waals surface area contributed by atoms with Crippen LogP contribution in [0.3, 0.4) is 0 Å². The fourth-order valence-electron chi connectivity index (χ4n) is 2.64. The van der Waals surface area contributed by atoms with Crippen molar-refractivity contribution in [2.45, 2.75) is 32.2 Å². The molecule has 0 radical (unpaired) electrons. The Morgan fingerprint density at radius 2 is 2.25 bits per heavy atom.